The lowest BCUT2D eigenvalue weighted by atomic mass is 9.94. The number of rotatable bonds is 6. The number of carbonyl (C=O) groups is 2. The van der Waals surface area contributed by atoms with Crippen LogP contribution in [-0.4, -0.2) is 16.8 Å². The van der Waals surface area contributed by atoms with Crippen molar-refractivity contribution in [3.05, 3.63) is 136 Å². The maximum atomic E-state index is 13.8. The minimum absolute atomic E-state index is 0.0535. The summed E-state index contributed by atoms with van der Waals surface area (Å²) in [7, 11) is 0. The fourth-order valence-electron chi connectivity index (χ4n) is 4.78. The number of benzene rings is 4. The van der Waals surface area contributed by atoms with Crippen LogP contribution in [0.3, 0.4) is 0 Å². The van der Waals surface area contributed by atoms with Crippen LogP contribution >= 0.6 is 0 Å². The standard InChI is InChI=1S/C33H28FNO4/c1-20-9-15-27(18-21(20)2)35-30(24-10-13-26(34)14-11-24)29(32(37)33(35)38)31(36)25-12-16-28(22(3)17-25)39-19-23-7-5-4-6-8-23/h4-18,30,36H,19H2,1-3H3/b31-29+. The predicted octanol–water partition coefficient (Wildman–Crippen LogP) is 6.96. The minimum atomic E-state index is -0.929. The van der Waals surface area contributed by atoms with E-state index in [0.717, 1.165) is 22.3 Å². The van der Waals surface area contributed by atoms with Crippen LogP contribution in [0.5, 0.6) is 5.75 Å². The molecule has 1 N–H and O–H groups in total. The Hall–Kier alpha value is -4.71. The quantitative estimate of drug-likeness (QED) is 0.169. The van der Waals surface area contributed by atoms with Gasteiger partial charge in [-0.2, -0.15) is 0 Å². The number of amides is 1. The molecule has 4 aromatic rings. The highest BCUT2D eigenvalue weighted by atomic mass is 19.1. The van der Waals surface area contributed by atoms with Crippen LogP contribution in [0.15, 0.2) is 96.6 Å². The van der Waals surface area contributed by atoms with Gasteiger partial charge in [-0.25, -0.2) is 4.39 Å². The molecule has 196 valence electrons. The van der Waals surface area contributed by atoms with Gasteiger partial charge in [0.1, 0.15) is 23.9 Å². The molecule has 0 saturated carbocycles. The highest BCUT2D eigenvalue weighted by Gasteiger charge is 2.47. The van der Waals surface area contributed by atoms with Crippen molar-refractivity contribution < 1.29 is 23.8 Å². The lowest BCUT2D eigenvalue weighted by Gasteiger charge is -2.26. The zero-order chi connectivity index (χ0) is 27.7. The molecule has 0 aromatic heterocycles. The molecule has 1 amide bonds. The van der Waals surface area contributed by atoms with Crippen molar-refractivity contribution in [3.8, 4) is 5.75 Å². The summed E-state index contributed by atoms with van der Waals surface area (Å²) in [6, 6.07) is 25.0. The maximum absolute atomic E-state index is 13.8. The summed E-state index contributed by atoms with van der Waals surface area (Å²) in [5, 5.41) is 11.4. The molecule has 5 nitrogen and oxygen atoms in total. The van der Waals surface area contributed by atoms with Crippen LogP contribution < -0.4 is 9.64 Å². The first-order valence-electron chi connectivity index (χ1n) is 12.7. The lowest BCUT2D eigenvalue weighted by Crippen LogP contribution is -2.29. The van der Waals surface area contributed by atoms with E-state index < -0.39 is 23.5 Å². The Morgan fingerprint density at radius 3 is 2.23 bits per heavy atom. The number of anilines is 1. The van der Waals surface area contributed by atoms with Crippen LogP contribution in [-0.2, 0) is 16.2 Å². The lowest BCUT2D eigenvalue weighted by molar-refractivity contribution is -0.132. The third-order valence-electron chi connectivity index (χ3n) is 7.08. The molecule has 1 atom stereocenters. The van der Waals surface area contributed by atoms with E-state index in [0.29, 0.717) is 29.2 Å². The van der Waals surface area contributed by atoms with E-state index in [1.165, 1.54) is 29.2 Å². The number of hydrogen-bond acceptors (Lipinski definition) is 4. The van der Waals surface area contributed by atoms with Gasteiger partial charge in [0, 0.05) is 11.3 Å². The number of nitrogens with zero attached hydrogens (tertiary/aromatic N) is 1. The fraction of sp³-hybridized carbons (Fsp3) is 0.152. The van der Waals surface area contributed by atoms with Crippen molar-refractivity contribution >= 4 is 23.1 Å². The van der Waals surface area contributed by atoms with Gasteiger partial charge in [0.15, 0.2) is 0 Å². The first kappa shape index (κ1) is 25.9. The number of aryl methyl sites for hydroxylation is 3. The monoisotopic (exact) mass is 521 g/mol. The molecule has 6 heteroatoms. The highest BCUT2D eigenvalue weighted by Crippen LogP contribution is 2.42. The molecule has 39 heavy (non-hydrogen) atoms. The molecule has 0 radical (unpaired) electrons. The number of ketones is 1. The first-order valence-corrected chi connectivity index (χ1v) is 12.7. The second-order valence-corrected chi connectivity index (χ2v) is 9.74. The van der Waals surface area contributed by atoms with Crippen LogP contribution in [0.2, 0.25) is 0 Å². The Morgan fingerprint density at radius 1 is 0.846 bits per heavy atom. The Kier molecular flexibility index (Phi) is 7.03. The molecule has 1 aliphatic rings. The van der Waals surface area contributed by atoms with E-state index in [1.54, 1.807) is 24.3 Å². The molecule has 1 saturated heterocycles. The number of hydrogen-bond donors (Lipinski definition) is 1. The van der Waals surface area contributed by atoms with Gasteiger partial charge in [-0.1, -0.05) is 48.5 Å². The second-order valence-electron chi connectivity index (χ2n) is 9.74. The molecule has 0 aliphatic carbocycles. The summed E-state index contributed by atoms with van der Waals surface area (Å²) in [6.07, 6.45) is 0. The summed E-state index contributed by atoms with van der Waals surface area (Å²) in [6.45, 7) is 6.12. The van der Waals surface area contributed by atoms with Crippen LogP contribution in [0.1, 0.15) is 39.4 Å². The zero-order valence-corrected chi connectivity index (χ0v) is 21.9. The van der Waals surface area contributed by atoms with E-state index >= 15 is 0 Å². The molecular formula is C33H28FNO4. The summed E-state index contributed by atoms with van der Waals surface area (Å²) in [5.74, 6) is -1.66. The van der Waals surface area contributed by atoms with Gasteiger partial charge in [-0.05, 0) is 91.1 Å². The number of Topliss-reactive ketones (excluding diaryl/α,β-unsaturated/α-hetero) is 1. The normalized spacial score (nSPS) is 16.5. The van der Waals surface area contributed by atoms with Crippen molar-refractivity contribution in [2.75, 3.05) is 4.90 Å². The van der Waals surface area contributed by atoms with Crippen molar-refractivity contribution in [3.63, 3.8) is 0 Å². The van der Waals surface area contributed by atoms with E-state index in [9.17, 15) is 19.1 Å². The SMILES string of the molecule is Cc1ccc(N2C(=O)C(=O)/C(=C(/O)c3ccc(OCc4ccccc4)c(C)c3)C2c2ccc(F)cc2)cc1C. The Bertz CT molecular complexity index is 1590. The predicted molar refractivity (Wildman–Crippen MR) is 149 cm³/mol. The number of aliphatic hydroxyl groups excluding tert-OH is 1. The van der Waals surface area contributed by atoms with E-state index in [-0.39, 0.29) is 11.3 Å². The average Bonchev–Trinajstić information content (AvgIpc) is 3.20. The molecule has 1 aliphatic heterocycles. The van der Waals surface area contributed by atoms with E-state index in [1.807, 2.05) is 63.2 Å². The molecule has 0 spiro atoms. The Labute approximate surface area is 226 Å². The van der Waals surface area contributed by atoms with Gasteiger partial charge >= 0.3 is 0 Å². The van der Waals surface area contributed by atoms with Crippen molar-refractivity contribution in [1.29, 1.82) is 0 Å². The molecular weight excluding hydrogens is 493 g/mol. The second kappa shape index (κ2) is 10.6. The summed E-state index contributed by atoms with van der Waals surface area (Å²) in [4.78, 5) is 28.2. The first-order chi connectivity index (χ1) is 18.7. The van der Waals surface area contributed by atoms with Crippen LogP contribution in [0.25, 0.3) is 5.76 Å². The molecule has 0 bridgehead atoms. The average molecular weight is 522 g/mol. The van der Waals surface area contributed by atoms with E-state index in [2.05, 4.69) is 0 Å². The van der Waals surface area contributed by atoms with E-state index in [4.69, 9.17) is 4.74 Å². The van der Waals surface area contributed by atoms with Gasteiger partial charge in [0.2, 0.25) is 0 Å². The fourth-order valence-corrected chi connectivity index (χ4v) is 4.78. The van der Waals surface area contributed by atoms with Crippen molar-refractivity contribution in [1.82, 2.24) is 0 Å². The largest absolute Gasteiger partial charge is 0.507 e. The van der Waals surface area contributed by atoms with Crippen molar-refractivity contribution in [2.24, 2.45) is 0 Å². The number of ether oxygens (including phenoxy) is 1. The number of halogens is 1. The Balaban J connectivity index is 1.57. The molecule has 1 heterocycles. The van der Waals surface area contributed by atoms with Gasteiger partial charge < -0.3 is 9.84 Å². The van der Waals surface area contributed by atoms with Gasteiger partial charge in [-0.3, -0.25) is 14.5 Å². The molecule has 4 aromatic carbocycles. The third-order valence-corrected chi connectivity index (χ3v) is 7.08. The summed E-state index contributed by atoms with van der Waals surface area (Å²) in [5.41, 5.74) is 5.13. The maximum Gasteiger partial charge on any atom is 0.300 e. The van der Waals surface area contributed by atoms with Gasteiger partial charge in [0.25, 0.3) is 11.7 Å². The van der Waals surface area contributed by atoms with Crippen LogP contribution in [0, 0.1) is 26.6 Å². The summed E-state index contributed by atoms with van der Waals surface area (Å²) < 4.78 is 19.8. The number of aliphatic hydroxyl groups is 1. The third kappa shape index (κ3) is 5.06. The van der Waals surface area contributed by atoms with Crippen LogP contribution in [0.4, 0.5) is 10.1 Å². The Morgan fingerprint density at radius 2 is 1.56 bits per heavy atom. The van der Waals surface area contributed by atoms with Crippen molar-refractivity contribution in [2.45, 2.75) is 33.4 Å². The smallest absolute Gasteiger partial charge is 0.300 e. The minimum Gasteiger partial charge on any atom is -0.507 e. The topological polar surface area (TPSA) is 66.8 Å². The highest BCUT2D eigenvalue weighted by molar-refractivity contribution is 6.51. The van der Waals surface area contributed by atoms with Gasteiger partial charge in [0.05, 0.1) is 11.6 Å². The zero-order valence-electron chi connectivity index (χ0n) is 21.9. The van der Waals surface area contributed by atoms with Gasteiger partial charge in [-0.15, -0.1) is 0 Å². The summed E-state index contributed by atoms with van der Waals surface area (Å²) >= 11 is 0. The number of carbonyl (C=O) groups excluding carboxylic acids is 2. The molecule has 1 fully saturated rings. The molecule has 1 unspecified atom stereocenters. The molecule has 5 rings (SSSR count).